The van der Waals surface area contributed by atoms with Gasteiger partial charge in [-0.1, -0.05) is 13.3 Å². The lowest BCUT2D eigenvalue weighted by atomic mass is 10.0. The maximum atomic E-state index is 12.0. The van der Waals surface area contributed by atoms with Crippen molar-refractivity contribution >= 4 is 50.4 Å². The maximum Gasteiger partial charge on any atom is 0.308 e. The second kappa shape index (κ2) is 7.84. The van der Waals surface area contributed by atoms with Gasteiger partial charge in [0.1, 0.15) is 0 Å². The van der Waals surface area contributed by atoms with Crippen molar-refractivity contribution < 1.29 is 14.7 Å². The molecule has 4 nitrogen and oxygen atoms in total. The van der Waals surface area contributed by atoms with Gasteiger partial charge in [-0.05, 0) is 63.1 Å². The summed E-state index contributed by atoms with van der Waals surface area (Å²) in [6, 6.07) is 5.45. The van der Waals surface area contributed by atoms with Gasteiger partial charge >= 0.3 is 5.97 Å². The minimum Gasteiger partial charge on any atom is -0.481 e. The van der Waals surface area contributed by atoms with Crippen LogP contribution in [0, 0.1) is 9.49 Å². The zero-order valence-corrected chi connectivity index (χ0v) is 14.2. The molecule has 1 unspecified atom stereocenters. The average Bonchev–Trinajstić information content (AvgIpc) is 2.36. The SMILES string of the molecule is CCCC(CNC(=O)c1cc(I)ccc1Br)C(=O)O. The first-order valence-corrected chi connectivity index (χ1v) is 7.79. The predicted molar refractivity (Wildman–Crippen MR) is 85.2 cm³/mol. The Morgan fingerprint density at radius 2 is 2.16 bits per heavy atom. The number of carboxylic acids is 1. The number of hydrogen-bond donors (Lipinski definition) is 2. The molecule has 1 atom stereocenters. The molecule has 1 aromatic carbocycles. The molecule has 0 aromatic heterocycles. The summed E-state index contributed by atoms with van der Waals surface area (Å²) >= 11 is 5.44. The van der Waals surface area contributed by atoms with Crippen LogP contribution in [0.2, 0.25) is 0 Å². The summed E-state index contributed by atoms with van der Waals surface area (Å²) in [7, 11) is 0. The Morgan fingerprint density at radius 1 is 1.47 bits per heavy atom. The minimum absolute atomic E-state index is 0.153. The lowest BCUT2D eigenvalue weighted by molar-refractivity contribution is -0.141. The van der Waals surface area contributed by atoms with E-state index < -0.39 is 11.9 Å². The third-order valence-electron chi connectivity index (χ3n) is 2.67. The molecule has 0 aliphatic carbocycles. The number of nitrogens with one attached hydrogen (secondary N) is 1. The van der Waals surface area contributed by atoms with Gasteiger partial charge in [0, 0.05) is 14.6 Å². The number of halogens is 2. The van der Waals surface area contributed by atoms with E-state index in [1.165, 1.54) is 0 Å². The maximum absolute atomic E-state index is 12.0. The third-order valence-corrected chi connectivity index (χ3v) is 4.03. The summed E-state index contributed by atoms with van der Waals surface area (Å²) in [6.45, 7) is 2.08. The fourth-order valence-corrected chi connectivity index (χ4v) is 2.56. The highest BCUT2D eigenvalue weighted by Crippen LogP contribution is 2.19. The highest BCUT2D eigenvalue weighted by Gasteiger charge is 2.18. The molecule has 104 valence electrons. The van der Waals surface area contributed by atoms with E-state index in [0.717, 1.165) is 9.99 Å². The van der Waals surface area contributed by atoms with Gasteiger partial charge in [0.2, 0.25) is 0 Å². The Morgan fingerprint density at radius 3 is 2.74 bits per heavy atom. The normalized spacial score (nSPS) is 11.9. The van der Waals surface area contributed by atoms with E-state index in [2.05, 4.69) is 43.8 Å². The van der Waals surface area contributed by atoms with E-state index in [4.69, 9.17) is 5.11 Å². The summed E-state index contributed by atoms with van der Waals surface area (Å²) in [5.41, 5.74) is 0.521. The van der Waals surface area contributed by atoms with E-state index in [1.54, 1.807) is 12.1 Å². The number of carboxylic acid groups (broad SMARTS) is 1. The van der Waals surface area contributed by atoms with Gasteiger partial charge in [-0.2, -0.15) is 0 Å². The van der Waals surface area contributed by atoms with Crippen LogP contribution in [0.4, 0.5) is 0 Å². The number of benzene rings is 1. The van der Waals surface area contributed by atoms with Crippen molar-refractivity contribution in [3.05, 3.63) is 31.8 Å². The van der Waals surface area contributed by atoms with Crippen molar-refractivity contribution in [2.45, 2.75) is 19.8 Å². The van der Waals surface area contributed by atoms with Crippen molar-refractivity contribution in [1.29, 1.82) is 0 Å². The number of aliphatic carboxylic acids is 1. The Hall–Kier alpha value is -0.630. The second-order valence-electron chi connectivity index (χ2n) is 4.16. The van der Waals surface area contributed by atoms with Crippen LogP contribution in [-0.2, 0) is 4.79 Å². The average molecular weight is 440 g/mol. The molecule has 6 heteroatoms. The van der Waals surface area contributed by atoms with E-state index in [1.807, 2.05) is 13.0 Å². The summed E-state index contributed by atoms with van der Waals surface area (Å²) in [6.07, 6.45) is 1.34. The van der Waals surface area contributed by atoms with Crippen molar-refractivity contribution in [2.24, 2.45) is 5.92 Å². The van der Waals surface area contributed by atoms with Gasteiger partial charge < -0.3 is 10.4 Å². The van der Waals surface area contributed by atoms with Crippen LogP contribution in [-0.4, -0.2) is 23.5 Å². The molecule has 0 fully saturated rings. The lowest BCUT2D eigenvalue weighted by Crippen LogP contribution is -2.33. The summed E-state index contributed by atoms with van der Waals surface area (Å²) in [5.74, 6) is -1.66. The van der Waals surface area contributed by atoms with Gasteiger partial charge in [0.05, 0.1) is 11.5 Å². The van der Waals surface area contributed by atoms with Gasteiger partial charge in [0.25, 0.3) is 5.91 Å². The third kappa shape index (κ3) is 5.10. The molecule has 0 aliphatic rings. The molecule has 1 rings (SSSR count). The molecule has 1 aromatic rings. The topological polar surface area (TPSA) is 66.4 Å². The van der Waals surface area contributed by atoms with Crippen LogP contribution < -0.4 is 5.32 Å². The first-order valence-electron chi connectivity index (χ1n) is 5.91. The van der Waals surface area contributed by atoms with Gasteiger partial charge in [-0.15, -0.1) is 0 Å². The summed E-state index contributed by atoms with van der Waals surface area (Å²) in [4.78, 5) is 23.0. The smallest absolute Gasteiger partial charge is 0.308 e. The Bertz CT molecular complexity index is 479. The molecule has 1 amide bonds. The lowest BCUT2D eigenvalue weighted by Gasteiger charge is -2.13. The molecule has 0 saturated carbocycles. The van der Waals surface area contributed by atoms with Crippen LogP contribution in [0.25, 0.3) is 0 Å². The highest BCUT2D eigenvalue weighted by molar-refractivity contribution is 14.1. The molecule has 0 spiro atoms. The first-order chi connectivity index (χ1) is 8.95. The number of carbonyl (C=O) groups is 2. The largest absolute Gasteiger partial charge is 0.481 e. The summed E-state index contributed by atoms with van der Waals surface area (Å²) < 4.78 is 1.65. The van der Waals surface area contributed by atoms with Crippen molar-refractivity contribution in [3.8, 4) is 0 Å². The van der Waals surface area contributed by atoms with Crippen LogP contribution in [0.5, 0.6) is 0 Å². The minimum atomic E-state index is -0.871. The molecule has 0 aliphatic heterocycles. The second-order valence-corrected chi connectivity index (χ2v) is 6.26. The van der Waals surface area contributed by atoms with Crippen LogP contribution in [0.15, 0.2) is 22.7 Å². The van der Waals surface area contributed by atoms with Gasteiger partial charge in [-0.25, -0.2) is 0 Å². The Balaban J connectivity index is 2.69. The molecular formula is C13H15BrINO3. The van der Waals surface area contributed by atoms with Crippen molar-refractivity contribution in [2.75, 3.05) is 6.54 Å². The Kier molecular flexibility index (Phi) is 6.78. The summed E-state index contributed by atoms with van der Waals surface area (Å²) in [5, 5.41) is 11.7. The fraction of sp³-hybridized carbons (Fsp3) is 0.385. The first kappa shape index (κ1) is 16.4. The van der Waals surface area contributed by atoms with E-state index in [0.29, 0.717) is 16.5 Å². The standard InChI is InChI=1S/C13H15BrINO3/c1-2-3-8(13(18)19)7-16-12(17)10-6-9(15)4-5-11(10)14/h4-6,8H,2-3,7H2,1H3,(H,16,17)(H,18,19). The molecular weight excluding hydrogens is 425 g/mol. The molecule has 0 heterocycles. The van der Waals surface area contributed by atoms with Gasteiger partial charge in [-0.3, -0.25) is 9.59 Å². The van der Waals surface area contributed by atoms with Crippen LogP contribution >= 0.6 is 38.5 Å². The number of rotatable bonds is 6. The zero-order chi connectivity index (χ0) is 14.4. The van der Waals surface area contributed by atoms with Crippen molar-refractivity contribution in [1.82, 2.24) is 5.32 Å². The zero-order valence-electron chi connectivity index (χ0n) is 10.5. The number of amides is 1. The molecule has 0 bridgehead atoms. The quantitative estimate of drug-likeness (QED) is 0.668. The Labute approximate surface area is 134 Å². The van der Waals surface area contributed by atoms with E-state index >= 15 is 0 Å². The van der Waals surface area contributed by atoms with Crippen LogP contribution in [0.3, 0.4) is 0 Å². The molecule has 2 N–H and O–H groups in total. The fourth-order valence-electron chi connectivity index (χ4n) is 1.64. The van der Waals surface area contributed by atoms with E-state index in [-0.39, 0.29) is 12.5 Å². The van der Waals surface area contributed by atoms with E-state index in [9.17, 15) is 9.59 Å². The molecule has 0 radical (unpaired) electrons. The van der Waals surface area contributed by atoms with Crippen LogP contribution in [0.1, 0.15) is 30.1 Å². The number of carbonyl (C=O) groups excluding carboxylic acids is 1. The molecule has 19 heavy (non-hydrogen) atoms. The van der Waals surface area contributed by atoms with Crippen molar-refractivity contribution in [3.63, 3.8) is 0 Å². The molecule has 0 saturated heterocycles. The monoisotopic (exact) mass is 439 g/mol. The number of hydrogen-bond acceptors (Lipinski definition) is 2. The van der Waals surface area contributed by atoms with Gasteiger partial charge in [0.15, 0.2) is 0 Å². The predicted octanol–water partition coefficient (Wildman–Crippen LogP) is 3.28. The highest BCUT2D eigenvalue weighted by atomic mass is 127.